The maximum Gasteiger partial charge on any atom is 0.265 e. The normalized spacial score (nSPS) is 17.1. The van der Waals surface area contributed by atoms with Gasteiger partial charge in [0.2, 0.25) is 0 Å². The molecular weight excluding hydrogens is 324 g/mol. The molecule has 1 aromatic carbocycles. The number of carbonyl (C=O) groups is 1. The number of hydrogen-bond donors (Lipinski definition) is 2. The number of furan rings is 1. The molecule has 0 saturated heterocycles. The molecule has 1 unspecified atom stereocenters. The zero-order valence-corrected chi connectivity index (χ0v) is 12.4. The first-order valence-electron chi connectivity index (χ1n) is 6.21. The molecule has 2 N–H and O–H groups in total. The third kappa shape index (κ3) is 2.51. The predicted octanol–water partition coefficient (Wildman–Crippen LogP) is 3.37. The molecule has 1 atom stereocenters. The van der Waals surface area contributed by atoms with Crippen molar-refractivity contribution < 1.29 is 13.9 Å². The highest BCUT2D eigenvalue weighted by Gasteiger charge is 2.23. The van der Waals surface area contributed by atoms with E-state index in [-0.39, 0.29) is 5.91 Å². The van der Waals surface area contributed by atoms with Gasteiger partial charge in [-0.15, -0.1) is 0 Å². The van der Waals surface area contributed by atoms with Crippen molar-refractivity contribution in [3.63, 3.8) is 0 Å². The van der Waals surface area contributed by atoms with Crippen LogP contribution in [0.15, 0.2) is 39.4 Å². The first-order chi connectivity index (χ1) is 9.63. The van der Waals surface area contributed by atoms with Gasteiger partial charge in [0.25, 0.3) is 5.91 Å². The van der Waals surface area contributed by atoms with Gasteiger partial charge < -0.3 is 19.8 Å². The summed E-state index contributed by atoms with van der Waals surface area (Å²) >= 11 is 3.40. The minimum atomic E-state index is -0.458. The third-order valence-corrected chi connectivity index (χ3v) is 3.76. The van der Waals surface area contributed by atoms with E-state index in [1.165, 1.54) is 0 Å². The number of rotatable bonds is 3. The van der Waals surface area contributed by atoms with E-state index in [0.29, 0.717) is 18.0 Å². The quantitative estimate of drug-likeness (QED) is 0.901. The van der Waals surface area contributed by atoms with Crippen LogP contribution in [0, 0.1) is 0 Å². The molecule has 0 saturated carbocycles. The molecular formula is C14H13BrN2O3. The zero-order chi connectivity index (χ0) is 14.1. The summed E-state index contributed by atoms with van der Waals surface area (Å²) in [6, 6.07) is 7.43. The molecule has 3 rings (SSSR count). The highest BCUT2D eigenvalue weighted by Crippen LogP contribution is 2.32. The molecule has 2 heterocycles. The van der Waals surface area contributed by atoms with Crippen molar-refractivity contribution in [2.24, 2.45) is 0 Å². The Kier molecular flexibility index (Phi) is 3.40. The molecule has 0 spiro atoms. The van der Waals surface area contributed by atoms with Gasteiger partial charge in [-0.2, -0.15) is 0 Å². The second-order valence-electron chi connectivity index (χ2n) is 4.51. The van der Waals surface area contributed by atoms with Gasteiger partial charge in [-0.25, -0.2) is 0 Å². The van der Waals surface area contributed by atoms with Gasteiger partial charge in [0.15, 0.2) is 6.10 Å². The van der Waals surface area contributed by atoms with Crippen molar-refractivity contribution in [2.75, 3.05) is 10.6 Å². The molecule has 0 aliphatic carbocycles. The van der Waals surface area contributed by atoms with Crippen LogP contribution >= 0.6 is 15.9 Å². The van der Waals surface area contributed by atoms with Crippen LogP contribution in [0.5, 0.6) is 5.75 Å². The Labute approximate surface area is 124 Å². The van der Waals surface area contributed by atoms with Crippen LogP contribution in [-0.4, -0.2) is 12.0 Å². The van der Waals surface area contributed by atoms with Crippen LogP contribution in [0.1, 0.15) is 12.7 Å². The SMILES string of the molecule is CC1Oc2ccc(NCc3occc3Br)cc2NC1=O. The van der Waals surface area contributed by atoms with E-state index in [9.17, 15) is 4.79 Å². The Hall–Kier alpha value is -1.95. The number of fused-ring (bicyclic) bond motifs is 1. The minimum Gasteiger partial charge on any atom is -0.479 e. The molecule has 1 aromatic heterocycles. The average molecular weight is 337 g/mol. The van der Waals surface area contributed by atoms with E-state index in [1.54, 1.807) is 13.2 Å². The van der Waals surface area contributed by atoms with Crippen LogP contribution in [-0.2, 0) is 11.3 Å². The summed E-state index contributed by atoms with van der Waals surface area (Å²) in [4.78, 5) is 11.6. The fourth-order valence-electron chi connectivity index (χ4n) is 1.95. The summed E-state index contributed by atoms with van der Waals surface area (Å²) in [5.41, 5.74) is 1.56. The van der Waals surface area contributed by atoms with E-state index in [4.69, 9.17) is 9.15 Å². The number of hydrogen-bond acceptors (Lipinski definition) is 4. The van der Waals surface area contributed by atoms with Gasteiger partial charge in [-0.05, 0) is 47.1 Å². The molecule has 5 nitrogen and oxygen atoms in total. The summed E-state index contributed by atoms with van der Waals surface area (Å²) in [5.74, 6) is 1.36. The molecule has 1 amide bonds. The lowest BCUT2D eigenvalue weighted by Gasteiger charge is -2.23. The Morgan fingerprint density at radius 2 is 2.25 bits per heavy atom. The Morgan fingerprint density at radius 1 is 1.40 bits per heavy atom. The van der Waals surface area contributed by atoms with E-state index >= 15 is 0 Å². The average Bonchev–Trinajstić information content (AvgIpc) is 2.83. The number of benzene rings is 1. The molecule has 1 aliphatic heterocycles. The first-order valence-corrected chi connectivity index (χ1v) is 7.00. The summed E-state index contributed by atoms with van der Waals surface area (Å²) in [6.07, 6.45) is 1.17. The van der Waals surface area contributed by atoms with Gasteiger partial charge in [0.1, 0.15) is 11.5 Å². The second-order valence-corrected chi connectivity index (χ2v) is 5.36. The molecule has 6 heteroatoms. The molecule has 0 bridgehead atoms. The summed E-state index contributed by atoms with van der Waals surface area (Å²) in [5, 5.41) is 6.05. The lowest BCUT2D eigenvalue weighted by atomic mass is 10.2. The van der Waals surface area contributed by atoms with Gasteiger partial charge in [0, 0.05) is 5.69 Å². The molecule has 1 aliphatic rings. The Balaban J connectivity index is 1.74. The van der Waals surface area contributed by atoms with Crippen molar-refractivity contribution >= 4 is 33.2 Å². The Morgan fingerprint density at radius 3 is 3.00 bits per heavy atom. The van der Waals surface area contributed by atoms with Crippen LogP contribution < -0.4 is 15.4 Å². The molecule has 2 aromatic rings. The van der Waals surface area contributed by atoms with E-state index in [1.807, 2.05) is 24.3 Å². The minimum absolute atomic E-state index is 0.136. The van der Waals surface area contributed by atoms with Gasteiger partial charge >= 0.3 is 0 Å². The summed E-state index contributed by atoms with van der Waals surface area (Å²) in [7, 11) is 0. The lowest BCUT2D eigenvalue weighted by Crippen LogP contribution is -2.34. The van der Waals surface area contributed by atoms with Crippen LogP contribution in [0.25, 0.3) is 0 Å². The molecule has 104 valence electrons. The monoisotopic (exact) mass is 336 g/mol. The van der Waals surface area contributed by atoms with Crippen molar-refractivity contribution in [1.29, 1.82) is 0 Å². The van der Waals surface area contributed by atoms with Crippen LogP contribution in [0.4, 0.5) is 11.4 Å². The first kappa shape index (κ1) is 13.1. The fourth-order valence-corrected chi connectivity index (χ4v) is 2.29. The third-order valence-electron chi connectivity index (χ3n) is 3.05. The molecule has 20 heavy (non-hydrogen) atoms. The molecule has 0 fully saturated rings. The highest BCUT2D eigenvalue weighted by molar-refractivity contribution is 9.10. The smallest absolute Gasteiger partial charge is 0.265 e. The lowest BCUT2D eigenvalue weighted by molar-refractivity contribution is -0.122. The number of carbonyl (C=O) groups excluding carboxylic acids is 1. The largest absolute Gasteiger partial charge is 0.479 e. The van der Waals surface area contributed by atoms with Gasteiger partial charge in [0.05, 0.1) is 23.0 Å². The number of anilines is 2. The van der Waals surface area contributed by atoms with Crippen molar-refractivity contribution in [2.45, 2.75) is 19.6 Å². The number of amides is 1. The van der Waals surface area contributed by atoms with Crippen molar-refractivity contribution in [3.8, 4) is 5.75 Å². The van der Waals surface area contributed by atoms with Crippen LogP contribution in [0.2, 0.25) is 0 Å². The standard InChI is InChI=1S/C14H13BrN2O3/c1-8-14(18)17-11-6-9(2-3-12(11)20-8)16-7-13-10(15)4-5-19-13/h2-6,8,16H,7H2,1H3,(H,17,18). The van der Waals surface area contributed by atoms with Gasteiger partial charge in [-0.1, -0.05) is 0 Å². The fraction of sp³-hybridized carbons (Fsp3) is 0.214. The maximum absolute atomic E-state index is 11.6. The summed E-state index contributed by atoms with van der Waals surface area (Å²) < 4.78 is 11.8. The number of nitrogens with one attached hydrogen (secondary N) is 2. The van der Waals surface area contributed by atoms with Crippen molar-refractivity contribution in [1.82, 2.24) is 0 Å². The topological polar surface area (TPSA) is 63.5 Å². The zero-order valence-electron chi connectivity index (χ0n) is 10.8. The number of ether oxygens (including phenoxy) is 1. The predicted molar refractivity (Wildman–Crippen MR) is 78.9 cm³/mol. The molecule has 0 radical (unpaired) electrons. The van der Waals surface area contributed by atoms with Gasteiger partial charge in [-0.3, -0.25) is 4.79 Å². The summed E-state index contributed by atoms with van der Waals surface area (Å²) in [6.45, 7) is 2.27. The van der Waals surface area contributed by atoms with E-state index < -0.39 is 6.10 Å². The Bertz CT molecular complexity index is 654. The van der Waals surface area contributed by atoms with Crippen LogP contribution in [0.3, 0.4) is 0 Å². The van der Waals surface area contributed by atoms with E-state index in [0.717, 1.165) is 15.9 Å². The van der Waals surface area contributed by atoms with Crippen molar-refractivity contribution in [3.05, 3.63) is 40.8 Å². The maximum atomic E-state index is 11.6. The highest BCUT2D eigenvalue weighted by atomic mass is 79.9. The van der Waals surface area contributed by atoms with E-state index in [2.05, 4.69) is 26.6 Å². The second kappa shape index (κ2) is 5.20. The number of halogens is 1.